The fourth-order valence-corrected chi connectivity index (χ4v) is 4.63. The SMILES string of the molecule is CS(=O)(=O)Nc1cccc(C2=NN(C(=O)c3ccccc3)[C@H](c3cccs3)C2)c1. The van der Waals surface area contributed by atoms with Crippen molar-refractivity contribution in [1.29, 1.82) is 0 Å². The van der Waals surface area contributed by atoms with Gasteiger partial charge in [-0.1, -0.05) is 36.4 Å². The van der Waals surface area contributed by atoms with E-state index in [0.29, 0.717) is 17.7 Å². The third-order valence-corrected chi connectivity index (χ3v) is 6.09. The second-order valence-electron chi connectivity index (χ2n) is 6.75. The number of hydrogen-bond donors (Lipinski definition) is 1. The molecular weight excluding hydrogens is 406 g/mol. The molecule has 1 aliphatic rings. The van der Waals surface area contributed by atoms with Crippen LogP contribution in [0.5, 0.6) is 0 Å². The molecule has 0 fully saturated rings. The lowest BCUT2D eigenvalue weighted by Crippen LogP contribution is -2.26. The number of benzene rings is 2. The maximum atomic E-state index is 13.1. The van der Waals surface area contributed by atoms with Gasteiger partial charge in [-0.05, 0) is 41.3 Å². The van der Waals surface area contributed by atoms with Crippen molar-refractivity contribution in [2.24, 2.45) is 5.10 Å². The van der Waals surface area contributed by atoms with Gasteiger partial charge in [-0.2, -0.15) is 5.10 Å². The van der Waals surface area contributed by atoms with E-state index in [9.17, 15) is 13.2 Å². The van der Waals surface area contributed by atoms with Crippen LogP contribution in [-0.4, -0.2) is 31.3 Å². The van der Waals surface area contributed by atoms with E-state index in [1.807, 2.05) is 41.8 Å². The van der Waals surface area contributed by atoms with Crippen LogP contribution in [0.2, 0.25) is 0 Å². The number of rotatable bonds is 5. The summed E-state index contributed by atoms with van der Waals surface area (Å²) in [6.45, 7) is 0. The van der Waals surface area contributed by atoms with Crippen LogP contribution in [0.3, 0.4) is 0 Å². The highest BCUT2D eigenvalue weighted by molar-refractivity contribution is 7.92. The third-order valence-electron chi connectivity index (χ3n) is 4.51. The number of carbonyl (C=O) groups is 1. The van der Waals surface area contributed by atoms with Gasteiger partial charge in [0, 0.05) is 22.5 Å². The molecule has 0 saturated heterocycles. The first kappa shape index (κ1) is 19.4. The van der Waals surface area contributed by atoms with E-state index in [-0.39, 0.29) is 11.9 Å². The number of thiophene rings is 1. The van der Waals surface area contributed by atoms with Crippen molar-refractivity contribution in [3.63, 3.8) is 0 Å². The first-order chi connectivity index (χ1) is 13.9. The smallest absolute Gasteiger partial charge is 0.274 e. The molecule has 148 valence electrons. The summed E-state index contributed by atoms with van der Waals surface area (Å²) < 4.78 is 25.6. The number of hydrogen-bond acceptors (Lipinski definition) is 5. The zero-order chi connectivity index (χ0) is 20.4. The van der Waals surface area contributed by atoms with Crippen molar-refractivity contribution in [2.75, 3.05) is 11.0 Å². The topological polar surface area (TPSA) is 78.8 Å². The fourth-order valence-electron chi connectivity index (χ4n) is 3.26. The molecule has 0 spiro atoms. The van der Waals surface area contributed by atoms with Gasteiger partial charge in [-0.15, -0.1) is 11.3 Å². The monoisotopic (exact) mass is 425 g/mol. The number of carbonyl (C=O) groups excluding carboxylic acids is 1. The van der Waals surface area contributed by atoms with Gasteiger partial charge in [-0.25, -0.2) is 13.4 Å². The molecule has 4 rings (SSSR count). The Hall–Kier alpha value is -2.97. The normalized spacial score (nSPS) is 16.5. The Bertz CT molecular complexity index is 1160. The molecule has 2 aromatic carbocycles. The van der Waals surface area contributed by atoms with E-state index >= 15 is 0 Å². The van der Waals surface area contributed by atoms with Crippen LogP contribution in [0, 0.1) is 0 Å². The van der Waals surface area contributed by atoms with Gasteiger partial charge >= 0.3 is 0 Å². The molecule has 6 nitrogen and oxygen atoms in total. The Morgan fingerprint density at radius 3 is 2.59 bits per heavy atom. The molecule has 1 N–H and O–H groups in total. The molecule has 2 heterocycles. The van der Waals surface area contributed by atoms with Crippen LogP contribution in [0.4, 0.5) is 5.69 Å². The van der Waals surface area contributed by atoms with Crippen molar-refractivity contribution in [3.05, 3.63) is 88.1 Å². The molecule has 0 bridgehead atoms. The lowest BCUT2D eigenvalue weighted by Gasteiger charge is -2.20. The van der Waals surface area contributed by atoms with Gasteiger partial charge in [0.1, 0.15) is 0 Å². The summed E-state index contributed by atoms with van der Waals surface area (Å²) in [6.07, 6.45) is 1.67. The van der Waals surface area contributed by atoms with Crippen LogP contribution in [0.1, 0.15) is 33.3 Å². The quantitative estimate of drug-likeness (QED) is 0.668. The molecule has 0 radical (unpaired) electrons. The van der Waals surface area contributed by atoms with Crippen molar-refractivity contribution in [1.82, 2.24) is 5.01 Å². The summed E-state index contributed by atoms with van der Waals surface area (Å²) in [5, 5.41) is 8.16. The van der Waals surface area contributed by atoms with Gasteiger partial charge in [-0.3, -0.25) is 9.52 Å². The molecule has 0 unspecified atom stereocenters. The van der Waals surface area contributed by atoms with Crippen molar-refractivity contribution in [2.45, 2.75) is 12.5 Å². The third kappa shape index (κ3) is 4.38. The van der Waals surface area contributed by atoms with Gasteiger partial charge in [0.05, 0.1) is 18.0 Å². The summed E-state index contributed by atoms with van der Waals surface area (Å²) in [5.41, 5.74) is 2.56. The minimum Gasteiger partial charge on any atom is -0.284 e. The Labute approximate surface area is 173 Å². The highest BCUT2D eigenvalue weighted by Gasteiger charge is 2.34. The van der Waals surface area contributed by atoms with Gasteiger partial charge < -0.3 is 0 Å². The van der Waals surface area contributed by atoms with Crippen molar-refractivity contribution >= 4 is 38.7 Å². The molecule has 1 amide bonds. The Morgan fingerprint density at radius 1 is 1.10 bits per heavy atom. The number of hydrazone groups is 1. The highest BCUT2D eigenvalue weighted by Crippen LogP contribution is 2.36. The zero-order valence-electron chi connectivity index (χ0n) is 15.6. The molecule has 0 saturated carbocycles. The number of anilines is 1. The van der Waals surface area contributed by atoms with Gasteiger partial charge in [0.25, 0.3) is 5.91 Å². The lowest BCUT2D eigenvalue weighted by atomic mass is 10.0. The molecular formula is C21H19N3O3S2. The average molecular weight is 426 g/mol. The van der Waals surface area contributed by atoms with Crippen LogP contribution in [0.25, 0.3) is 0 Å². The largest absolute Gasteiger partial charge is 0.284 e. The second-order valence-corrected chi connectivity index (χ2v) is 9.48. The number of nitrogens with one attached hydrogen (secondary N) is 1. The maximum absolute atomic E-state index is 13.1. The lowest BCUT2D eigenvalue weighted by molar-refractivity contribution is 0.0714. The van der Waals surface area contributed by atoms with E-state index in [1.165, 1.54) is 5.01 Å². The second kappa shape index (κ2) is 7.81. The molecule has 3 aromatic rings. The molecule has 1 atom stereocenters. The number of amides is 1. The van der Waals surface area contributed by atoms with E-state index in [2.05, 4.69) is 9.82 Å². The predicted molar refractivity (Wildman–Crippen MR) is 116 cm³/mol. The molecule has 29 heavy (non-hydrogen) atoms. The van der Waals surface area contributed by atoms with E-state index in [1.54, 1.807) is 41.7 Å². The van der Waals surface area contributed by atoms with Gasteiger partial charge in [0.15, 0.2) is 0 Å². The maximum Gasteiger partial charge on any atom is 0.274 e. The number of nitrogens with zero attached hydrogens (tertiary/aromatic N) is 2. The summed E-state index contributed by atoms with van der Waals surface area (Å²) in [6, 6.07) is 19.9. The van der Waals surface area contributed by atoms with E-state index in [4.69, 9.17) is 0 Å². The van der Waals surface area contributed by atoms with Crippen LogP contribution < -0.4 is 4.72 Å². The Morgan fingerprint density at radius 2 is 1.90 bits per heavy atom. The summed E-state index contributed by atoms with van der Waals surface area (Å²) in [4.78, 5) is 14.2. The summed E-state index contributed by atoms with van der Waals surface area (Å²) in [5.74, 6) is -0.163. The first-order valence-electron chi connectivity index (χ1n) is 8.98. The molecule has 1 aromatic heterocycles. The highest BCUT2D eigenvalue weighted by atomic mass is 32.2. The Balaban J connectivity index is 1.69. The average Bonchev–Trinajstić information content (AvgIpc) is 3.37. The summed E-state index contributed by atoms with van der Waals surface area (Å²) >= 11 is 1.59. The zero-order valence-corrected chi connectivity index (χ0v) is 17.3. The molecule has 0 aliphatic carbocycles. The Kier molecular flexibility index (Phi) is 5.21. The van der Waals surface area contributed by atoms with Gasteiger partial charge in [0.2, 0.25) is 10.0 Å². The van der Waals surface area contributed by atoms with E-state index in [0.717, 1.165) is 22.4 Å². The summed E-state index contributed by atoms with van der Waals surface area (Å²) in [7, 11) is -3.38. The molecule has 1 aliphatic heterocycles. The van der Waals surface area contributed by atoms with Crippen molar-refractivity contribution in [3.8, 4) is 0 Å². The molecule has 8 heteroatoms. The fraction of sp³-hybridized carbons (Fsp3) is 0.143. The predicted octanol–water partition coefficient (Wildman–Crippen LogP) is 4.11. The van der Waals surface area contributed by atoms with Crippen LogP contribution in [-0.2, 0) is 10.0 Å². The standard InChI is InChI=1S/C21H19N3O3S2/c1-29(26,27)23-17-10-5-9-16(13-17)18-14-19(20-11-6-12-28-20)24(22-18)21(25)15-7-3-2-4-8-15/h2-13,19,23H,14H2,1H3/t19-/m0/s1. The van der Waals surface area contributed by atoms with Crippen molar-refractivity contribution < 1.29 is 13.2 Å². The minimum absolute atomic E-state index is 0.163. The van der Waals surface area contributed by atoms with E-state index < -0.39 is 10.0 Å². The first-order valence-corrected chi connectivity index (χ1v) is 11.8. The minimum atomic E-state index is -3.38. The van der Waals surface area contributed by atoms with Crippen LogP contribution >= 0.6 is 11.3 Å². The van der Waals surface area contributed by atoms with Crippen LogP contribution in [0.15, 0.2) is 77.2 Å². The number of sulfonamides is 1.